The van der Waals surface area contributed by atoms with Crippen molar-refractivity contribution < 1.29 is 4.74 Å². The first kappa shape index (κ1) is 10.6. The Morgan fingerprint density at radius 1 is 1.12 bits per heavy atom. The first-order valence-electron chi connectivity index (χ1n) is 6.04. The molecule has 1 aliphatic heterocycles. The van der Waals surface area contributed by atoms with Gasteiger partial charge in [0.2, 0.25) is 0 Å². The summed E-state index contributed by atoms with van der Waals surface area (Å²) in [5, 5.41) is 2.56. The Kier molecular flexibility index (Phi) is 2.52. The highest BCUT2D eigenvalue weighted by atomic mass is 16.5. The zero-order chi connectivity index (χ0) is 11.8. The summed E-state index contributed by atoms with van der Waals surface area (Å²) in [6, 6.07) is 12.8. The van der Waals surface area contributed by atoms with E-state index in [1.807, 2.05) is 6.07 Å². The summed E-state index contributed by atoms with van der Waals surface area (Å²) >= 11 is 0. The minimum atomic E-state index is 0.653. The van der Waals surface area contributed by atoms with Crippen LogP contribution in [-0.4, -0.2) is 32.1 Å². The second-order valence-electron chi connectivity index (χ2n) is 4.82. The number of ether oxygens (including phenoxy) is 1. The van der Waals surface area contributed by atoms with Gasteiger partial charge in [0, 0.05) is 24.4 Å². The van der Waals surface area contributed by atoms with E-state index in [0.29, 0.717) is 5.92 Å². The van der Waals surface area contributed by atoms with Crippen molar-refractivity contribution in [1.82, 2.24) is 4.90 Å². The van der Waals surface area contributed by atoms with Gasteiger partial charge in [0.15, 0.2) is 0 Å². The molecule has 0 aliphatic carbocycles. The molecule has 1 heterocycles. The minimum Gasteiger partial charge on any atom is -0.496 e. The number of methoxy groups -OCH3 is 1. The van der Waals surface area contributed by atoms with Gasteiger partial charge in [0.25, 0.3) is 0 Å². The molecule has 0 amide bonds. The fourth-order valence-electron chi connectivity index (χ4n) is 2.74. The van der Waals surface area contributed by atoms with Gasteiger partial charge in [-0.15, -0.1) is 0 Å². The van der Waals surface area contributed by atoms with Crippen molar-refractivity contribution in [3.8, 4) is 5.75 Å². The molecule has 17 heavy (non-hydrogen) atoms. The molecule has 1 fully saturated rings. The second-order valence-corrected chi connectivity index (χ2v) is 4.82. The van der Waals surface area contributed by atoms with E-state index in [2.05, 4.69) is 42.3 Å². The monoisotopic (exact) mass is 227 g/mol. The largest absolute Gasteiger partial charge is 0.496 e. The smallest absolute Gasteiger partial charge is 0.126 e. The SMILES string of the molecule is COc1cccc2cccc(C3CN(C)C3)c12. The maximum atomic E-state index is 5.50. The summed E-state index contributed by atoms with van der Waals surface area (Å²) in [5.41, 5.74) is 1.43. The Morgan fingerprint density at radius 2 is 1.82 bits per heavy atom. The Morgan fingerprint density at radius 3 is 2.47 bits per heavy atom. The number of likely N-dealkylation sites (tertiary alicyclic amines) is 1. The molecule has 0 aromatic heterocycles. The van der Waals surface area contributed by atoms with Gasteiger partial charge in [-0.05, 0) is 24.1 Å². The van der Waals surface area contributed by atoms with E-state index in [0.717, 1.165) is 18.8 Å². The lowest BCUT2D eigenvalue weighted by Gasteiger charge is -2.37. The van der Waals surface area contributed by atoms with Crippen LogP contribution in [-0.2, 0) is 0 Å². The van der Waals surface area contributed by atoms with Gasteiger partial charge >= 0.3 is 0 Å². The summed E-state index contributed by atoms with van der Waals surface area (Å²) in [6.45, 7) is 2.30. The normalized spacial score (nSPS) is 17.1. The zero-order valence-corrected chi connectivity index (χ0v) is 10.3. The van der Waals surface area contributed by atoms with Crippen LogP contribution in [0, 0.1) is 0 Å². The molecule has 2 heteroatoms. The third kappa shape index (κ3) is 1.69. The van der Waals surface area contributed by atoms with Crippen molar-refractivity contribution in [3.63, 3.8) is 0 Å². The molecule has 0 bridgehead atoms. The van der Waals surface area contributed by atoms with Crippen LogP contribution in [0.3, 0.4) is 0 Å². The van der Waals surface area contributed by atoms with Crippen LogP contribution in [0.1, 0.15) is 11.5 Å². The van der Waals surface area contributed by atoms with Gasteiger partial charge in [0.1, 0.15) is 5.75 Å². The van der Waals surface area contributed by atoms with E-state index in [9.17, 15) is 0 Å². The topological polar surface area (TPSA) is 12.5 Å². The predicted molar refractivity (Wildman–Crippen MR) is 70.7 cm³/mol. The van der Waals surface area contributed by atoms with Gasteiger partial charge < -0.3 is 9.64 Å². The van der Waals surface area contributed by atoms with Crippen LogP contribution >= 0.6 is 0 Å². The van der Waals surface area contributed by atoms with E-state index >= 15 is 0 Å². The fraction of sp³-hybridized carbons (Fsp3) is 0.333. The summed E-state index contributed by atoms with van der Waals surface area (Å²) in [5.74, 6) is 1.65. The standard InChI is InChI=1S/C15H17NO/c1-16-9-12(10-16)13-7-3-5-11-6-4-8-14(17-2)15(11)13/h3-8,12H,9-10H2,1-2H3. The van der Waals surface area contributed by atoms with Crippen molar-refractivity contribution >= 4 is 10.8 Å². The van der Waals surface area contributed by atoms with Crippen molar-refractivity contribution in [2.45, 2.75) is 5.92 Å². The second kappa shape index (κ2) is 4.04. The van der Waals surface area contributed by atoms with Crippen molar-refractivity contribution in [1.29, 1.82) is 0 Å². The lowest BCUT2D eigenvalue weighted by molar-refractivity contribution is 0.190. The molecule has 0 N–H and O–H groups in total. The Hall–Kier alpha value is -1.54. The highest BCUT2D eigenvalue weighted by Crippen LogP contribution is 2.36. The zero-order valence-electron chi connectivity index (χ0n) is 10.3. The molecule has 2 aromatic carbocycles. The molecule has 0 spiro atoms. The molecule has 2 aromatic rings. The van der Waals surface area contributed by atoms with Crippen LogP contribution < -0.4 is 4.74 Å². The van der Waals surface area contributed by atoms with E-state index in [1.54, 1.807) is 7.11 Å². The summed E-state index contributed by atoms with van der Waals surface area (Å²) in [4.78, 5) is 2.35. The number of likely N-dealkylation sites (N-methyl/N-ethyl adjacent to an activating group) is 1. The summed E-state index contributed by atoms with van der Waals surface area (Å²) in [7, 11) is 3.91. The Labute approximate surface area is 102 Å². The average Bonchev–Trinajstić information content (AvgIpc) is 2.33. The maximum absolute atomic E-state index is 5.50. The molecule has 3 rings (SSSR count). The summed E-state index contributed by atoms with van der Waals surface area (Å²) < 4.78 is 5.50. The lowest BCUT2D eigenvalue weighted by atomic mass is 9.88. The van der Waals surface area contributed by atoms with Gasteiger partial charge in [-0.3, -0.25) is 0 Å². The molecule has 1 saturated heterocycles. The van der Waals surface area contributed by atoms with Gasteiger partial charge in [-0.25, -0.2) is 0 Å². The fourth-order valence-corrected chi connectivity index (χ4v) is 2.74. The number of nitrogens with zero attached hydrogens (tertiary/aromatic N) is 1. The van der Waals surface area contributed by atoms with Crippen LogP contribution in [0.2, 0.25) is 0 Å². The van der Waals surface area contributed by atoms with Crippen molar-refractivity contribution in [2.75, 3.05) is 27.2 Å². The quantitative estimate of drug-likeness (QED) is 0.782. The maximum Gasteiger partial charge on any atom is 0.126 e. The van der Waals surface area contributed by atoms with Gasteiger partial charge in [-0.1, -0.05) is 30.3 Å². The highest BCUT2D eigenvalue weighted by molar-refractivity contribution is 5.92. The van der Waals surface area contributed by atoms with Crippen molar-refractivity contribution in [3.05, 3.63) is 42.0 Å². The van der Waals surface area contributed by atoms with E-state index in [4.69, 9.17) is 4.74 Å². The predicted octanol–water partition coefficient (Wildman–Crippen LogP) is 2.88. The Bertz CT molecular complexity index is 538. The molecule has 2 nitrogen and oxygen atoms in total. The first-order chi connectivity index (χ1) is 8.29. The van der Waals surface area contributed by atoms with Crippen LogP contribution in [0.4, 0.5) is 0 Å². The molecular formula is C15H17NO. The van der Waals surface area contributed by atoms with E-state index < -0.39 is 0 Å². The molecule has 1 aliphatic rings. The van der Waals surface area contributed by atoms with Gasteiger partial charge in [-0.2, -0.15) is 0 Å². The first-order valence-corrected chi connectivity index (χ1v) is 6.04. The molecule has 0 atom stereocenters. The van der Waals surface area contributed by atoms with Crippen LogP contribution in [0.25, 0.3) is 10.8 Å². The molecule has 88 valence electrons. The minimum absolute atomic E-state index is 0.653. The van der Waals surface area contributed by atoms with Crippen molar-refractivity contribution in [2.24, 2.45) is 0 Å². The van der Waals surface area contributed by atoms with Crippen LogP contribution in [0.15, 0.2) is 36.4 Å². The lowest BCUT2D eigenvalue weighted by Crippen LogP contribution is -2.41. The number of benzene rings is 2. The number of hydrogen-bond donors (Lipinski definition) is 0. The molecular weight excluding hydrogens is 210 g/mol. The third-order valence-electron chi connectivity index (χ3n) is 3.62. The third-order valence-corrected chi connectivity index (χ3v) is 3.62. The molecule has 0 radical (unpaired) electrons. The van der Waals surface area contributed by atoms with Crippen LogP contribution in [0.5, 0.6) is 5.75 Å². The Balaban J connectivity index is 2.17. The number of rotatable bonds is 2. The summed E-state index contributed by atoms with van der Waals surface area (Å²) in [6.07, 6.45) is 0. The van der Waals surface area contributed by atoms with E-state index in [1.165, 1.54) is 16.3 Å². The molecule has 0 saturated carbocycles. The number of fused-ring (bicyclic) bond motifs is 1. The molecule has 0 unspecified atom stereocenters. The van der Waals surface area contributed by atoms with E-state index in [-0.39, 0.29) is 0 Å². The number of hydrogen-bond acceptors (Lipinski definition) is 2. The van der Waals surface area contributed by atoms with Gasteiger partial charge in [0.05, 0.1) is 7.11 Å². The highest BCUT2D eigenvalue weighted by Gasteiger charge is 2.26. The average molecular weight is 227 g/mol.